The molecule has 0 radical (unpaired) electrons. The van der Waals surface area contributed by atoms with Gasteiger partial charge in [-0.3, -0.25) is 4.79 Å². The van der Waals surface area contributed by atoms with Gasteiger partial charge in [-0.1, -0.05) is 13.3 Å². The summed E-state index contributed by atoms with van der Waals surface area (Å²) < 4.78 is 1.53. The zero-order valence-corrected chi connectivity index (χ0v) is 11.5. The highest BCUT2D eigenvalue weighted by Crippen LogP contribution is 2.15. The van der Waals surface area contributed by atoms with Crippen LogP contribution < -0.4 is 11.1 Å². The summed E-state index contributed by atoms with van der Waals surface area (Å²) in [6.45, 7) is 2.98. The molecular formula is C14H19N5O. The zero-order valence-electron chi connectivity index (χ0n) is 11.5. The van der Waals surface area contributed by atoms with Crippen LogP contribution in [0.25, 0.3) is 11.4 Å². The van der Waals surface area contributed by atoms with E-state index in [0.29, 0.717) is 18.1 Å². The number of nitrogens with zero attached hydrogens (tertiary/aromatic N) is 3. The summed E-state index contributed by atoms with van der Waals surface area (Å²) in [5.74, 6) is 0.540. The molecule has 0 unspecified atom stereocenters. The van der Waals surface area contributed by atoms with Crippen molar-refractivity contribution >= 4 is 11.6 Å². The quantitative estimate of drug-likeness (QED) is 0.616. The Hall–Kier alpha value is -2.37. The van der Waals surface area contributed by atoms with Gasteiger partial charge in [0.2, 0.25) is 5.91 Å². The zero-order chi connectivity index (χ0) is 14.4. The van der Waals surface area contributed by atoms with Crippen molar-refractivity contribution in [2.75, 3.05) is 12.3 Å². The Morgan fingerprint density at radius 1 is 1.35 bits per heavy atom. The van der Waals surface area contributed by atoms with Gasteiger partial charge in [0.05, 0.1) is 0 Å². The molecule has 0 aliphatic heterocycles. The number of unbranched alkanes of at least 4 members (excludes halogenated alkanes) is 1. The Kier molecular flexibility index (Phi) is 4.70. The fourth-order valence-corrected chi connectivity index (χ4v) is 1.74. The first kappa shape index (κ1) is 14.0. The first-order valence-electron chi connectivity index (χ1n) is 6.71. The van der Waals surface area contributed by atoms with Crippen molar-refractivity contribution in [1.82, 2.24) is 20.1 Å². The third-order valence-electron chi connectivity index (χ3n) is 2.86. The molecule has 6 heteroatoms. The normalized spacial score (nSPS) is 10.4. The summed E-state index contributed by atoms with van der Waals surface area (Å²) in [6, 6.07) is 7.31. The molecule has 1 aromatic heterocycles. The summed E-state index contributed by atoms with van der Waals surface area (Å²) in [6.07, 6.45) is 3.61. The van der Waals surface area contributed by atoms with Gasteiger partial charge in [0, 0.05) is 17.8 Å². The Labute approximate surface area is 118 Å². The number of carbonyl (C=O) groups excluding carboxylic acids is 1. The van der Waals surface area contributed by atoms with Crippen molar-refractivity contribution < 1.29 is 4.79 Å². The minimum Gasteiger partial charge on any atom is -0.399 e. The molecule has 0 bridgehead atoms. The van der Waals surface area contributed by atoms with E-state index in [1.54, 1.807) is 18.5 Å². The number of anilines is 1. The fourth-order valence-electron chi connectivity index (χ4n) is 1.74. The molecule has 0 atom stereocenters. The number of amides is 1. The summed E-state index contributed by atoms with van der Waals surface area (Å²) >= 11 is 0. The number of nitrogen functional groups attached to an aromatic ring is 1. The van der Waals surface area contributed by atoms with Crippen LogP contribution in [0.15, 0.2) is 30.6 Å². The first-order chi connectivity index (χ1) is 9.69. The second-order valence-electron chi connectivity index (χ2n) is 4.59. The predicted molar refractivity (Wildman–Crippen MR) is 77.8 cm³/mol. The first-order valence-corrected chi connectivity index (χ1v) is 6.71. The fraction of sp³-hybridized carbons (Fsp3) is 0.357. The lowest BCUT2D eigenvalue weighted by atomic mass is 10.2. The number of nitrogens with one attached hydrogen (secondary N) is 1. The van der Waals surface area contributed by atoms with E-state index in [1.165, 1.54) is 4.68 Å². The van der Waals surface area contributed by atoms with Crippen LogP contribution in [0.3, 0.4) is 0 Å². The van der Waals surface area contributed by atoms with E-state index in [4.69, 9.17) is 5.73 Å². The Morgan fingerprint density at radius 2 is 2.10 bits per heavy atom. The van der Waals surface area contributed by atoms with E-state index < -0.39 is 0 Å². The summed E-state index contributed by atoms with van der Waals surface area (Å²) in [7, 11) is 0. The maximum atomic E-state index is 11.7. The highest BCUT2D eigenvalue weighted by Gasteiger charge is 2.07. The van der Waals surface area contributed by atoms with Gasteiger partial charge >= 0.3 is 0 Å². The largest absolute Gasteiger partial charge is 0.399 e. The monoisotopic (exact) mass is 273 g/mol. The number of aromatic nitrogens is 3. The van der Waals surface area contributed by atoms with Gasteiger partial charge in [0.1, 0.15) is 12.9 Å². The van der Waals surface area contributed by atoms with Crippen LogP contribution in [0.1, 0.15) is 19.8 Å². The van der Waals surface area contributed by atoms with Gasteiger partial charge in [0.15, 0.2) is 5.82 Å². The molecule has 2 rings (SSSR count). The van der Waals surface area contributed by atoms with Crippen LogP contribution in [0, 0.1) is 0 Å². The van der Waals surface area contributed by atoms with Crippen LogP contribution in [-0.4, -0.2) is 27.2 Å². The molecule has 1 heterocycles. The second-order valence-corrected chi connectivity index (χ2v) is 4.59. The molecule has 2 aromatic rings. The lowest BCUT2D eigenvalue weighted by Crippen LogP contribution is -2.28. The SMILES string of the molecule is CCCCNC(=O)Cn1cnc(-c2ccc(N)cc2)n1. The van der Waals surface area contributed by atoms with Gasteiger partial charge in [0.25, 0.3) is 0 Å². The topological polar surface area (TPSA) is 85.8 Å². The third-order valence-corrected chi connectivity index (χ3v) is 2.86. The molecule has 0 fully saturated rings. The highest BCUT2D eigenvalue weighted by atomic mass is 16.2. The minimum atomic E-state index is -0.0489. The van der Waals surface area contributed by atoms with Crippen molar-refractivity contribution in [2.24, 2.45) is 0 Å². The van der Waals surface area contributed by atoms with Crippen LogP contribution in [-0.2, 0) is 11.3 Å². The van der Waals surface area contributed by atoms with Crippen LogP contribution in [0.4, 0.5) is 5.69 Å². The van der Waals surface area contributed by atoms with E-state index >= 15 is 0 Å². The second kappa shape index (κ2) is 6.70. The van der Waals surface area contributed by atoms with E-state index in [2.05, 4.69) is 22.3 Å². The van der Waals surface area contributed by atoms with Crippen molar-refractivity contribution in [2.45, 2.75) is 26.3 Å². The van der Waals surface area contributed by atoms with Crippen LogP contribution in [0.2, 0.25) is 0 Å². The standard InChI is InChI=1S/C14H19N5O/c1-2-3-8-16-13(20)9-19-10-17-14(18-19)11-4-6-12(15)7-5-11/h4-7,10H,2-3,8-9,15H2,1H3,(H,16,20). The number of rotatable bonds is 6. The number of benzene rings is 1. The molecule has 0 aliphatic carbocycles. The molecule has 20 heavy (non-hydrogen) atoms. The number of hydrogen-bond donors (Lipinski definition) is 2. The van der Waals surface area contributed by atoms with E-state index in [-0.39, 0.29) is 12.5 Å². The molecule has 3 N–H and O–H groups in total. The van der Waals surface area contributed by atoms with E-state index in [9.17, 15) is 4.79 Å². The maximum absolute atomic E-state index is 11.7. The molecule has 106 valence electrons. The smallest absolute Gasteiger partial charge is 0.241 e. The highest BCUT2D eigenvalue weighted by molar-refractivity contribution is 5.75. The summed E-state index contributed by atoms with van der Waals surface area (Å²) in [5.41, 5.74) is 7.21. The van der Waals surface area contributed by atoms with Crippen molar-refractivity contribution in [3.05, 3.63) is 30.6 Å². The van der Waals surface area contributed by atoms with Gasteiger partial charge in [-0.15, -0.1) is 0 Å². The Morgan fingerprint density at radius 3 is 2.80 bits per heavy atom. The average Bonchev–Trinajstić information content (AvgIpc) is 2.88. The Balaban J connectivity index is 1.95. The molecule has 0 aliphatic rings. The molecule has 0 saturated heterocycles. The molecular weight excluding hydrogens is 254 g/mol. The van der Waals surface area contributed by atoms with E-state index in [0.717, 1.165) is 18.4 Å². The average molecular weight is 273 g/mol. The molecule has 1 aromatic carbocycles. The summed E-state index contributed by atoms with van der Waals surface area (Å²) in [5, 5.41) is 7.13. The lowest BCUT2D eigenvalue weighted by molar-refractivity contribution is -0.121. The molecule has 0 saturated carbocycles. The van der Waals surface area contributed by atoms with Crippen molar-refractivity contribution in [3.8, 4) is 11.4 Å². The number of carbonyl (C=O) groups is 1. The van der Waals surface area contributed by atoms with Crippen LogP contribution in [0.5, 0.6) is 0 Å². The Bertz CT molecular complexity index is 561. The maximum Gasteiger partial charge on any atom is 0.241 e. The summed E-state index contributed by atoms with van der Waals surface area (Å²) in [4.78, 5) is 15.9. The molecule has 1 amide bonds. The predicted octanol–water partition coefficient (Wildman–Crippen LogP) is 1.44. The van der Waals surface area contributed by atoms with Crippen molar-refractivity contribution in [1.29, 1.82) is 0 Å². The van der Waals surface area contributed by atoms with Gasteiger partial charge in [-0.2, -0.15) is 5.10 Å². The number of hydrogen-bond acceptors (Lipinski definition) is 4. The molecule has 6 nitrogen and oxygen atoms in total. The minimum absolute atomic E-state index is 0.0489. The van der Waals surface area contributed by atoms with Gasteiger partial charge in [-0.25, -0.2) is 9.67 Å². The molecule has 0 spiro atoms. The van der Waals surface area contributed by atoms with Gasteiger partial charge < -0.3 is 11.1 Å². The van der Waals surface area contributed by atoms with Crippen molar-refractivity contribution in [3.63, 3.8) is 0 Å². The number of nitrogens with two attached hydrogens (primary N) is 1. The van der Waals surface area contributed by atoms with E-state index in [1.807, 2.05) is 12.1 Å². The van der Waals surface area contributed by atoms with Gasteiger partial charge in [-0.05, 0) is 30.7 Å². The lowest BCUT2D eigenvalue weighted by Gasteiger charge is -2.03. The third kappa shape index (κ3) is 3.81. The van der Waals surface area contributed by atoms with Crippen LogP contribution >= 0.6 is 0 Å².